The number of carbonyl (C=O) groups is 1. The molecule has 1 aliphatic rings. The van der Waals surface area contributed by atoms with E-state index in [2.05, 4.69) is 106 Å². The fraction of sp³-hybridized carbons (Fsp3) is 0.281. The van der Waals surface area contributed by atoms with Crippen LogP contribution in [0, 0.1) is 0 Å². The van der Waals surface area contributed by atoms with Crippen molar-refractivity contribution in [3.63, 3.8) is 0 Å². The van der Waals surface area contributed by atoms with Crippen LogP contribution >= 0.6 is 0 Å². The zero-order chi connectivity index (χ0) is 24.7. The lowest BCUT2D eigenvalue weighted by atomic mass is 9.70. The highest BCUT2D eigenvalue weighted by molar-refractivity contribution is 5.99. The number of hydrogen-bond acceptors (Lipinski definition) is 2. The van der Waals surface area contributed by atoms with Crippen molar-refractivity contribution in [1.82, 2.24) is 0 Å². The third-order valence-electron chi connectivity index (χ3n) is 6.82. The number of rotatable bonds is 2. The van der Waals surface area contributed by atoms with E-state index in [0.717, 1.165) is 17.4 Å². The number of hydrogen-bond donors (Lipinski definition) is 0. The maximum absolute atomic E-state index is 11.4. The Hall–Kier alpha value is -3.39. The molecule has 0 radical (unpaired) electrons. The van der Waals surface area contributed by atoms with Crippen molar-refractivity contribution in [2.45, 2.75) is 59.3 Å². The van der Waals surface area contributed by atoms with Gasteiger partial charge in [-0.15, -0.1) is 0 Å². The summed E-state index contributed by atoms with van der Waals surface area (Å²) in [5.74, 6) is 0. The summed E-state index contributed by atoms with van der Waals surface area (Å²) in [6, 6.07) is 27.9. The zero-order valence-electron chi connectivity index (χ0n) is 21.4. The van der Waals surface area contributed by atoms with Crippen molar-refractivity contribution in [3.8, 4) is 0 Å². The first-order valence-corrected chi connectivity index (χ1v) is 12.2. The van der Waals surface area contributed by atoms with Crippen LogP contribution in [0.3, 0.4) is 0 Å². The average molecular weight is 450 g/mol. The topological polar surface area (TPSA) is 20.3 Å². The van der Waals surface area contributed by atoms with Crippen molar-refractivity contribution in [2.75, 3.05) is 4.90 Å². The monoisotopic (exact) mass is 449 g/mol. The van der Waals surface area contributed by atoms with Gasteiger partial charge < -0.3 is 4.90 Å². The average Bonchev–Trinajstić information content (AvgIpc) is 2.84. The predicted molar refractivity (Wildman–Crippen MR) is 146 cm³/mol. The first-order chi connectivity index (χ1) is 16.2. The molecule has 0 spiro atoms. The van der Waals surface area contributed by atoms with Crippen LogP contribution in [0.5, 0.6) is 0 Å². The minimum atomic E-state index is -0.195. The number of benzene rings is 4. The molecule has 0 fully saturated rings. The molecular weight excluding hydrogens is 414 g/mol. The van der Waals surface area contributed by atoms with Crippen molar-refractivity contribution in [2.24, 2.45) is 0 Å². The lowest BCUT2D eigenvalue weighted by Gasteiger charge is -2.43. The minimum Gasteiger partial charge on any atom is -0.310 e. The van der Waals surface area contributed by atoms with Crippen LogP contribution in [0.1, 0.15) is 75.5 Å². The van der Waals surface area contributed by atoms with Gasteiger partial charge in [-0.05, 0) is 63.2 Å². The molecule has 0 unspecified atom stereocenters. The Balaban J connectivity index is 0.00000133. The van der Waals surface area contributed by atoms with Gasteiger partial charge in [0, 0.05) is 16.7 Å². The molecule has 174 valence electrons. The maximum atomic E-state index is 11.4. The maximum Gasteiger partial charge on any atom is 0.150 e. The smallest absolute Gasteiger partial charge is 0.150 e. The van der Waals surface area contributed by atoms with Crippen LogP contribution in [0.15, 0.2) is 78.9 Å². The van der Waals surface area contributed by atoms with E-state index < -0.39 is 0 Å². The van der Waals surface area contributed by atoms with Crippen LogP contribution in [0.2, 0.25) is 0 Å². The molecule has 0 aromatic heterocycles. The summed E-state index contributed by atoms with van der Waals surface area (Å²) < 4.78 is 0. The van der Waals surface area contributed by atoms with Gasteiger partial charge in [-0.2, -0.15) is 0 Å². The Labute approximate surface area is 204 Å². The second-order valence-corrected chi connectivity index (χ2v) is 10.3. The molecule has 0 amide bonds. The summed E-state index contributed by atoms with van der Waals surface area (Å²) in [5.41, 5.74) is 8.13. The van der Waals surface area contributed by atoms with Crippen molar-refractivity contribution in [3.05, 3.63) is 101 Å². The van der Waals surface area contributed by atoms with E-state index >= 15 is 0 Å². The lowest BCUT2D eigenvalue weighted by Crippen LogP contribution is -2.31. The van der Waals surface area contributed by atoms with E-state index in [9.17, 15) is 4.79 Å². The van der Waals surface area contributed by atoms with Gasteiger partial charge in [0.15, 0.2) is 0 Å². The van der Waals surface area contributed by atoms with Gasteiger partial charge in [0.25, 0.3) is 0 Å². The zero-order valence-corrected chi connectivity index (χ0v) is 21.4. The predicted octanol–water partition coefficient (Wildman–Crippen LogP) is 9.09. The highest BCUT2D eigenvalue weighted by Gasteiger charge is 2.38. The van der Waals surface area contributed by atoms with E-state index in [4.69, 9.17) is 0 Å². The largest absolute Gasteiger partial charge is 0.310 e. The van der Waals surface area contributed by atoms with Crippen LogP contribution in [-0.2, 0) is 10.8 Å². The Bertz CT molecular complexity index is 1340. The molecule has 4 aromatic carbocycles. The van der Waals surface area contributed by atoms with Gasteiger partial charge >= 0.3 is 0 Å². The van der Waals surface area contributed by atoms with Crippen molar-refractivity contribution >= 4 is 34.1 Å². The van der Waals surface area contributed by atoms with Crippen LogP contribution < -0.4 is 4.90 Å². The van der Waals surface area contributed by atoms with Gasteiger partial charge in [-0.3, -0.25) is 4.79 Å². The molecule has 0 aliphatic carbocycles. The summed E-state index contributed by atoms with van der Waals surface area (Å²) in [6.45, 7) is 15.5. The summed E-state index contributed by atoms with van der Waals surface area (Å²) in [6.07, 6.45) is 0.922. The highest BCUT2D eigenvalue weighted by Crippen LogP contribution is 2.54. The molecule has 0 saturated carbocycles. The van der Waals surface area contributed by atoms with Gasteiger partial charge in [0.2, 0.25) is 0 Å². The molecule has 2 nitrogen and oxygen atoms in total. The molecule has 1 aliphatic heterocycles. The molecule has 1 heterocycles. The van der Waals surface area contributed by atoms with Gasteiger partial charge in [0.1, 0.15) is 6.29 Å². The number of anilines is 3. The van der Waals surface area contributed by atoms with Gasteiger partial charge in [-0.25, -0.2) is 0 Å². The molecule has 4 aromatic rings. The SMILES string of the molecule is CC.CC(C)(C)c1ccc2c(c1)C(C)(C)c1c(ccc3cc(C=O)ccc13)N2c1ccccc1. The van der Waals surface area contributed by atoms with Crippen molar-refractivity contribution in [1.29, 1.82) is 0 Å². The number of carbonyl (C=O) groups excluding carboxylic acids is 1. The molecule has 0 atom stereocenters. The van der Waals surface area contributed by atoms with Crippen LogP contribution in [-0.4, -0.2) is 6.29 Å². The summed E-state index contributed by atoms with van der Waals surface area (Å²) >= 11 is 0. The van der Waals surface area contributed by atoms with E-state index in [-0.39, 0.29) is 10.8 Å². The first-order valence-electron chi connectivity index (χ1n) is 12.2. The number of fused-ring (bicyclic) bond motifs is 4. The summed E-state index contributed by atoms with van der Waals surface area (Å²) in [4.78, 5) is 13.8. The lowest BCUT2D eigenvalue weighted by molar-refractivity contribution is 0.112. The molecular formula is C32H35NO. The van der Waals surface area contributed by atoms with E-state index in [1.54, 1.807) is 0 Å². The Morgan fingerprint density at radius 2 is 1.47 bits per heavy atom. The summed E-state index contributed by atoms with van der Waals surface area (Å²) in [5, 5.41) is 2.30. The van der Waals surface area contributed by atoms with Crippen molar-refractivity contribution < 1.29 is 4.79 Å². The van der Waals surface area contributed by atoms with Gasteiger partial charge in [-0.1, -0.05) is 97.0 Å². The second-order valence-electron chi connectivity index (χ2n) is 10.3. The fourth-order valence-electron chi connectivity index (χ4n) is 5.07. The quantitative estimate of drug-likeness (QED) is 0.284. The molecule has 34 heavy (non-hydrogen) atoms. The fourth-order valence-corrected chi connectivity index (χ4v) is 5.07. The minimum absolute atomic E-state index is 0.0700. The molecule has 5 rings (SSSR count). The first kappa shape index (κ1) is 23.8. The third kappa shape index (κ3) is 3.81. The second kappa shape index (κ2) is 8.76. The Kier molecular flexibility index (Phi) is 6.12. The standard InChI is InChI=1S/C30H29NO.C2H6/c1-29(2,3)22-13-16-26-25(18-22)30(4,5)28-24-14-11-20(19-32)17-21(24)12-15-27(28)31(26)23-9-7-6-8-10-23;1-2/h6-19H,1-5H3;1-2H3. The molecule has 2 heteroatoms. The van der Waals surface area contributed by atoms with Crippen LogP contribution in [0.25, 0.3) is 10.8 Å². The number of para-hydroxylation sites is 1. The highest BCUT2D eigenvalue weighted by atomic mass is 16.1. The van der Waals surface area contributed by atoms with Crippen LogP contribution in [0.4, 0.5) is 17.1 Å². The van der Waals surface area contributed by atoms with E-state index in [0.29, 0.717) is 5.56 Å². The number of aldehydes is 1. The van der Waals surface area contributed by atoms with E-state index in [1.807, 2.05) is 26.0 Å². The van der Waals surface area contributed by atoms with Gasteiger partial charge in [0.05, 0.1) is 11.4 Å². The molecule has 0 bridgehead atoms. The molecule has 0 saturated heterocycles. The number of nitrogens with zero attached hydrogens (tertiary/aromatic N) is 1. The Morgan fingerprint density at radius 1 is 0.794 bits per heavy atom. The normalized spacial score (nSPS) is 14.0. The summed E-state index contributed by atoms with van der Waals surface area (Å²) in [7, 11) is 0. The Morgan fingerprint density at radius 3 is 2.12 bits per heavy atom. The van der Waals surface area contributed by atoms with E-state index in [1.165, 1.54) is 33.5 Å². The molecule has 0 N–H and O–H groups in total. The third-order valence-corrected chi connectivity index (χ3v) is 6.82.